The first-order chi connectivity index (χ1) is 7.07. The molecule has 0 aliphatic carbocycles. The largest absolute Gasteiger partial charge is 0.338 e. The molecule has 1 heterocycles. The summed E-state index contributed by atoms with van der Waals surface area (Å²) in [5.74, 6) is 2.70. The summed E-state index contributed by atoms with van der Waals surface area (Å²) in [5, 5.41) is 0. The lowest BCUT2D eigenvalue weighted by Gasteiger charge is -2.36. The standard InChI is InChI=1S/C11H22N2OS/c1-8(2)10(6-12)11(14)13-4-5-15-7-9(13)3/h8-10H,4-7,12H2,1-3H3. The molecule has 0 radical (unpaired) electrons. The van der Waals surface area contributed by atoms with E-state index in [1.165, 1.54) is 0 Å². The van der Waals surface area contributed by atoms with Crippen LogP contribution >= 0.6 is 11.8 Å². The van der Waals surface area contributed by atoms with Gasteiger partial charge in [0, 0.05) is 30.6 Å². The Morgan fingerprint density at radius 1 is 1.60 bits per heavy atom. The zero-order valence-electron chi connectivity index (χ0n) is 9.90. The van der Waals surface area contributed by atoms with E-state index in [0.29, 0.717) is 18.5 Å². The summed E-state index contributed by atoms with van der Waals surface area (Å²) in [4.78, 5) is 14.2. The van der Waals surface area contributed by atoms with Crippen molar-refractivity contribution < 1.29 is 4.79 Å². The predicted octanol–water partition coefficient (Wildman–Crippen LogP) is 1.18. The van der Waals surface area contributed by atoms with Crippen molar-refractivity contribution in [3.05, 3.63) is 0 Å². The van der Waals surface area contributed by atoms with Crippen molar-refractivity contribution in [3.63, 3.8) is 0 Å². The van der Waals surface area contributed by atoms with Crippen LogP contribution in [0.1, 0.15) is 20.8 Å². The fraction of sp³-hybridized carbons (Fsp3) is 0.909. The van der Waals surface area contributed by atoms with E-state index in [9.17, 15) is 4.79 Å². The number of nitrogens with zero attached hydrogens (tertiary/aromatic N) is 1. The maximum atomic E-state index is 12.2. The summed E-state index contributed by atoms with van der Waals surface area (Å²) in [7, 11) is 0. The number of nitrogens with two attached hydrogens (primary N) is 1. The van der Waals surface area contributed by atoms with E-state index in [-0.39, 0.29) is 11.8 Å². The highest BCUT2D eigenvalue weighted by Crippen LogP contribution is 2.21. The molecule has 0 bridgehead atoms. The highest BCUT2D eigenvalue weighted by atomic mass is 32.2. The van der Waals surface area contributed by atoms with Gasteiger partial charge in [-0.3, -0.25) is 4.79 Å². The normalized spacial score (nSPS) is 24.3. The van der Waals surface area contributed by atoms with Gasteiger partial charge in [-0.2, -0.15) is 11.8 Å². The Hall–Kier alpha value is -0.220. The van der Waals surface area contributed by atoms with Crippen LogP contribution in [0.3, 0.4) is 0 Å². The average Bonchev–Trinajstić information content (AvgIpc) is 2.18. The first-order valence-electron chi connectivity index (χ1n) is 5.66. The number of carbonyl (C=O) groups excluding carboxylic acids is 1. The van der Waals surface area contributed by atoms with Crippen LogP contribution in [-0.4, -0.2) is 41.4 Å². The molecular formula is C11H22N2OS. The molecule has 0 aromatic rings. The SMILES string of the molecule is CC(C)C(CN)C(=O)N1CCSCC1C. The number of hydrogen-bond acceptors (Lipinski definition) is 3. The summed E-state index contributed by atoms with van der Waals surface area (Å²) < 4.78 is 0. The quantitative estimate of drug-likeness (QED) is 0.792. The van der Waals surface area contributed by atoms with Crippen molar-refractivity contribution >= 4 is 17.7 Å². The minimum absolute atomic E-state index is 0.00412. The molecule has 1 saturated heterocycles. The summed E-state index contributed by atoms with van der Waals surface area (Å²) in [6.45, 7) is 7.61. The number of hydrogen-bond donors (Lipinski definition) is 1. The minimum atomic E-state index is -0.00412. The Morgan fingerprint density at radius 2 is 2.27 bits per heavy atom. The highest BCUT2D eigenvalue weighted by molar-refractivity contribution is 7.99. The average molecular weight is 230 g/mol. The summed E-state index contributed by atoms with van der Waals surface area (Å²) in [6, 6.07) is 0.365. The first-order valence-corrected chi connectivity index (χ1v) is 6.81. The molecule has 0 aromatic heterocycles. The number of carbonyl (C=O) groups is 1. The summed E-state index contributed by atoms with van der Waals surface area (Å²) in [5.41, 5.74) is 5.67. The second-order valence-corrected chi connectivity index (χ2v) is 5.69. The third-order valence-corrected chi connectivity index (χ3v) is 4.22. The van der Waals surface area contributed by atoms with Crippen LogP contribution < -0.4 is 5.73 Å². The molecule has 2 atom stereocenters. The van der Waals surface area contributed by atoms with Crippen LogP contribution in [0.4, 0.5) is 0 Å². The maximum absolute atomic E-state index is 12.2. The lowest BCUT2D eigenvalue weighted by atomic mass is 9.94. The fourth-order valence-electron chi connectivity index (χ4n) is 1.93. The molecular weight excluding hydrogens is 208 g/mol. The van der Waals surface area contributed by atoms with Gasteiger partial charge in [-0.1, -0.05) is 13.8 Å². The Labute approximate surface area is 96.8 Å². The minimum Gasteiger partial charge on any atom is -0.338 e. The molecule has 1 aliphatic heterocycles. The van der Waals surface area contributed by atoms with Crippen LogP contribution in [0.15, 0.2) is 0 Å². The molecule has 0 saturated carbocycles. The van der Waals surface area contributed by atoms with E-state index in [4.69, 9.17) is 5.73 Å². The monoisotopic (exact) mass is 230 g/mol. The fourth-order valence-corrected chi connectivity index (χ4v) is 2.94. The molecule has 88 valence electrons. The smallest absolute Gasteiger partial charge is 0.227 e. The van der Waals surface area contributed by atoms with E-state index < -0.39 is 0 Å². The van der Waals surface area contributed by atoms with E-state index in [1.807, 2.05) is 16.7 Å². The van der Waals surface area contributed by atoms with Crippen LogP contribution in [0.2, 0.25) is 0 Å². The van der Waals surface area contributed by atoms with Crippen LogP contribution in [0.25, 0.3) is 0 Å². The van der Waals surface area contributed by atoms with E-state index in [0.717, 1.165) is 18.1 Å². The molecule has 0 spiro atoms. The maximum Gasteiger partial charge on any atom is 0.227 e. The van der Waals surface area contributed by atoms with Gasteiger partial charge in [0.1, 0.15) is 0 Å². The van der Waals surface area contributed by atoms with Crippen LogP contribution in [-0.2, 0) is 4.79 Å². The summed E-state index contributed by atoms with van der Waals surface area (Å²) in [6.07, 6.45) is 0. The molecule has 2 N–H and O–H groups in total. The second kappa shape index (κ2) is 5.75. The molecule has 0 aromatic carbocycles. The Bertz CT molecular complexity index is 221. The lowest BCUT2D eigenvalue weighted by molar-refractivity contribution is -0.138. The van der Waals surface area contributed by atoms with E-state index in [1.54, 1.807) is 0 Å². The Balaban J connectivity index is 2.64. The van der Waals surface area contributed by atoms with Gasteiger partial charge in [0.05, 0.1) is 5.92 Å². The molecule has 4 heteroatoms. The number of thioether (sulfide) groups is 1. The first kappa shape index (κ1) is 12.8. The second-order valence-electron chi connectivity index (χ2n) is 4.54. The van der Waals surface area contributed by atoms with Gasteiger partial charge in [-0.15, -0.1) is 0 Å². The van der Waals surface area contributed by atoms with Gasteiger partial charge in [-0.05, 0) is 12.8 Å². The number of rotatable bonds is 3. The van der Waals surface area contributed by atoms with Crippen molar-refractivity contribution in [2.75, 3.05) is 24.6 Å². The molecule has 1 amide bonds. The molecule has 1 rings (SSSR count). The van der Waals surface area contributed by atoms with Gasteiger partial charge in [-0.25, -0.2) is 0 Å². The van der Waals surface area contributed by atoms with Crippen molar-refractivity contribution in [2.45, 2.75) is 26.8 Å². The Kier molecular flexibility index (Phi) is 4.93. The Morgan fingerprint density at radius 3 is 2.73 bits per heavy atom. The predicted molar refractivity (Wildman–Crippen MR) is 65.9 cm³/mol. The molecule has 1 fully saturated rings. The van der Waals surface area contributed by atoms with Gasteiger partial charge in [0.2, 0.25) is 5.91 Å². The zero-order chi connectivity index (χ0) is 11.4. The van der Waals surface area contributed by atoms with Crippen molar-refractivity contribution in [3.8, 4) is 0 Å². The van der Waals surface area contributed by atoms with Gasteiger partial charge >= 0.3 is 0 Å². The van der Waals surface area contributed by atoms with Crippen molar-refractivity contribution in [1.29, 1.82) is 0 Å². The molecule has 3 nitrogen and oxygen atoms in total. The van der Waals surface area contributed by atoms with E-state index in [2.05, 4.69) is 20.8 Å². The number of amides is 1. The van der Waals surface area contributed by atoms with Crippen molar-refractivity contribution in [1.82, 2.24) is 4.90 Å². The van der Waals surface area contributed by atoms with Crippen molar-refractivity contribution in [2.24, 2.45) is 17.6 Å². The van der Waals surface area contributed by atoms with Gasteiger partial charge in [0.25, 0.3) is 0 Å². The van der Waals surface area contributed by atoms with Gasteiger partial charge < -0.3 is 10.6 Å². The van der Waals surface area contributed by atoms with Crippen LogP contribution in [0.5, 0.6) is 0 Å². The molecule has 1 aliphatic rings. The molecule has 15 heavy (non-hydrogen) atoms. The third-order valence-electron chi connectivity index (χ3n) is 3.03. The third kappa shape index (κ3) is 3.11. The summed E-state index contributed by atoms with van der Waals surface area (Å²) >= 11 is 1.93. The van der Waals surface area contributed by atoms with Crippen LogP contribution in [0, 0.1) is 11.8 Å². The highest BCUT2D eigenvalue weighted by Gasteiger charge is 2.30. The topological polar surface area (TPSA) is 46.3 Å². The van der Waals surface area contributed by atoms with E-state index >= 15 is 0 Å². The van der Waals surface area contributed by atoms with Gasteiger partial charge in [0.15, 0.2) is 0 Å². The zero-order valence-corrected chi connectivity index (χ0v) is 10.7. The molecule has 2 unspecified atom stereocenters. The lowest BCUT2D eigenvalue weighted by Crippen LogP contribution is -2.49.